The number of para-hydroxylation sites is 1. The van der Waals surface area contributed by atoms with Gasteiger partial charge in [-0.15, -0.1) is 0 Å². The first-order valence-corrected chi connectivity index (χ1v) is 7.90. The van der Waals surface area contributed by atoms with Crippen LogP contribution in [0.25, 0.3) is 21.9 Å². The summed E-state index contributed by atoms with van der Waals surface area (Å²) < 4.78 is 0. The molecule has 4 heteroatoms. The number of rotatable bonds is 2. The van der Waals surface area contributed by atoms with E-state index in [2.05, 4.69) is 32.4 Å². The average molecular weight is 280 g/mol. The van der Waals surface area contributed by atoms with E-state index in [1.165, 1.54) is 43.9 Å². The summed E-state index contributed by atoms with van der Waals surface area (Å²) in [7, 11) is 0. The van der Waals surface area contributed by atoms with Gasteiger partial charge < -0.3 is 10.3 Å². The number of anilines is 1. The van der Waals surface area contributed by atoms with Gasteiger partial charge in [0.25, 0.3) is 0 Å². The Morgan fingerprint density at radius 3 is 2.67 bits per heavy atom. The minimum Gasteiger partial charge on any atom is -0.351 e. The Hall–Kier alpha value is -2.10. The minimum absolute atomic E-state index is 0.523. The SMILES string of the molecule is c1ccc2c(c1)[nH]c1nc(NC3CCCCCC3)ncc12. The molecule has 4 rings (SSSR count). The van der Waals surface area contributed by atoms with Crippen LogP contribution in [-0.2, 0) is 0 Å². The Kier molecular flexibility index (Phi) is 3.22. The molecule has 0 unspecified atom stereocenters. The Morgan fingerprint density at radius 2 is 1.81 bits per heavy atom. The molecule has 21 heavy (non-hydrogen) atoms. The van der Waals surface area contributed by atoms with Crippen LogP contribution in [-0.4, -0.2) is 21.0 Å². The van der Waals surface area contributed by atoms with Crippen LogP contribution in [0.2, 0.25) is 0 Å². The summed E-state index contributed by atoms with van der Waals surface area (Å²) >= 11 is 0. The molecule has 0 bridgehead atoms. The van der Waals surface area contributed by atoms with Crippen molar-refractivity contribution in [3.63, 3.8) is 0 Å². The third kappa shape index (κ3) is 2.46. The summed E-state index contributed by atoms with van der Waals surface area (Å²) in [5.41, 5.74) is 2.04. The minimum atomic E-state index is 0.523. The Balaban J connectivity index is 1.65. The molecule has 3 aromatic rings. The number of hydrogen-bond acceptors (Lipinski definition) is 3. The predicted octanol–water partition coefficient (Wildman–Crippen LogP) is 4.25. The van der Waals surface area contributed by atoms with Crippen molar-refractivity contribution in [3.8, 4) is 0 Å². The highest BCUT2D eigenvalue weighted by molar-refractivity contribution is 6.05. The Labute approximate surface area is 124 Å². The molecule has 2 N–H and O–H groups in total. The first-order chi connectivity index (χ1) is 10.4. The van der Waals surface area contributed by atoms with Crippen molar-refractivity contribution >= 4 is 27.9 Å². The molecule has 0 spiro atoms. The molecule has 1 fully saturated rings. The zero-order valence-corrected chi connectivity index (χ0v) is 12.1. The van der Waals surface area contributed by atoms with Gasteiger partial charge in [-0.05, 0) is 18.9 Å². The van der Waals surface area contributed by atoms with E-state index in [0.717, 1.165) is 22.5 Å². The molecule has 1 aliphatic rings. The number of nitrogens with zero attached hydrogens (tertiary/aromatic N) is 2. The van der Waals surface area contributed by atoms with Gasteiger partial charge in [-0.25, -0.2) is 4.98 Å². The molecule has 0 radical (unpaired) electrons. The molecule has 1 aromatic carbocycles. The van der Waals surface area contributed by atoms with Crippen molar-refractivity contribution < 1.29 is 0 Å². The van der Waals surface area contributed by atoms with Gasteiger partial charge in [0.1, 0.15) is 5.65 Å². The quantitative estimate of drug-likeness (QED) is 0.690. The summed E-state index contributed by atoms with van der Waals surface area (Å²) in [6, 6.07) is 8.79. The van der Waals surface area contributed by atoms with E-state index >= 15 is 0 Å². The van der Waals surface area contributed by atoms with Gasteiger partial charge in [-0.2, -0.15) is 4.98 Å². The van der Waals surface area contributed by atoms with E-state index in [-0.39, 0.29) is 0 Å². The molecule has 4 nitrogen and oxygen atoms in total. The summed E-state index contributed by atoms with van der Waals surface area (Å²) in [4.78, 5) is 12.5. The van der Waals surface area contributed by atoms with Crippen molar-refractivity contribution in [1.82, 2.24) is 15.0 Å². The van der Waals surface area contributed by atoms with E-state index in [9.17, 15) is 0 Å². The van der Waals surface area contributed by atoms with E-state index in [1.807, 2.05) is 18.3 Å². The van der Waals surface area contributed by atoms with Gasteiger partial charge in [-0.3, -0.25) is 0 Å². The van der Waals surface area contributed by atoms with Crippen LogP contribution in [0.4, 0.5) is 5.95 Å². The lowest BCUT2D eigenvalue weighted by Gasteiger charge is -2.15. The van der Waals surface area contributed by atoms with Gasteiger partial charge in [0.2, 0.25) is 5.95 Å². The van der Waals surface area contributed by atoms with Crippen LogP contribution in [0.15, 0.2) is 30.5 Å². The van der Waals surface area contributed by atoms with E-state index < -0.39 is 0 Å². The average Bonchev–Trinajstić information content (AvgIpc) is 2.67. The fourth-order valence-electron chi connectivity index (χ4n) is 3.30. The molecule has 2 heterocycles. The van der Waals surface area contributed by atoms with Gasteiger partial charge in [-0.1, -0.05) is 43.9 Å². The van der Waals surface area contributed by atoms with Crippen LogP contribution < -0.4 is 5.32 Å². The standard InChI is InChI=1S/C17H20N4/c1-2-4-8-12(7-3-1)19-17-18-11-14-13-9-5-6-10-15(13)20-16(14)21-17/h5-6,9-12H,1-4,7-8H2,(H2,18,19,20,21). The maximum absolute atomic E-state index is 4.66. The van der Waals surface area contributed by atoms with Crippen LogP contribution in [0.1, 0.15) is 38.5 Å². The lowest BCUT2D eigenvalue weighted by Crippen LogP contribution is -2.19. The molecule has 1 aliphatic carbocycles. The van der Waals surface area contributed by atoms with Gasteiger partial charge >= 0.3 is 0 Å². The molecule has 0 saturated heterocycles. The van der Waals surface area contributed by atoms with Gasteiger partial charge in [0, 0.05) is 28.5 Å². The molecular formula is C17H20N4. The number of benzene rings is 1. The monoisotopic (exact) mass is 280 g/mol. The fourth-order valence-corrected chi connectivity index (χ4v) is 3.30. The first-order valence-electron chi connectivity index (χ1n) is 7.90. The van der Waals surface area contributed by atoms with Crippen LogP contribution in [0.5, 0.6) is 0 Å². The third-order valence-electron chi connectivity index (χ3n) is 4.45. The molecule has 2 aromatic heterocycles. The fraction of sp³-hybridized carbons (Fsp3) is 0.412. The van der Waals surface area contributed by atoms with Crippen molar-refractivity contribution in [3.05, 3.63) is 30.5 Å². The first kappa shape index (κ1) is 12.6. The van der Waals surface area contributed by atoms with Gasteiger partial charge in [0.05, 0.1) is 0 Å². The second-order valence-corrected chi connectivity index (χ2v) is 5.96. The largest absolute Gasteiger partial charge is 0.351 e. The maximum Gasteiger partial charge on any atom is 0.224 e. The lowest BCUT2D eigenvalue weighted by atomic mass is 10.1. The Morgan fingerprint density at radius 1 is 1.00 bits per heavy atom. The normalized spacial score (nSPS) is 17.1. The zero-order valence-electron chi connectivity index (χ0n) is 12.1. The smallest absolute Gasteiger partial charge is 0.224 e. The second kappa shape index (κ2) is 5.35. The number of nitrogens with one attached hydrogen (secondary N) is 2. The topological polar surface area (TPSA) is 53.6 Å². The second-order valence-electron chi connectivity index (χ2n) is 5.96. The summed E-state index contributed by atoms with van der Waals surface area (Å²) in [6.45, 7) is 0. The van der Waals surface area contributed by atoms with E-state index in [4.69, 9.17) is 0 Å². The van der Waals surface area contributed by atoms with Crippen molar-refractivity contribution in [2.75, 3.05) is 5.32 Å². The predicted molar refractivity (Wildman–Crippen MR) is 86.5 cm³/mol. The molecule has 0 amide bonds. The highest BCUT2D eigenvalue weighted by atomic mass is 15.1. The highest BCUT2D eigenvalue weighted by Gasteiger charge is 2.14. The van der Waals surface area contributed by atoms with Crippen LogP contribution >= 0.6 is 0 Å². The van der Waals surface area contributed by atoms with Crippen molar-refractivity contribution in [2.24, 2.45) is 0 Å². The van der Waals surface area contributed by atoms with Gasteiger partial charge in [0.15, 0.2) is 0 Å². The molecular weight excluding hydrogens is 260 g/mol. The molecule has 0 atom stereocenters. The summed E-state index contributed by atoms with van der Waals surface area (Å²) in [5.74, 6) is 0.751. The maximum atomic E-state index is 4.66. The van der Waals surface area contributed by atoms with Crippen LogP contribution in [0, 0.1) is 0 Å². The number of H-pyrrole nitrogens is 1. The molecule has 0 aliphatic heterocycles. The van der Waals surface area contributed by atoms with Crippen LogP contribution in [0.3, 0.4) is 0 Å². The molecule has 1 saturated carbocycles. The lowest BCUT2D eigenvalue weighted by molar-refractivity contribution is 0.615. The summed E-state index contributed by atoms with van der Waals surface area (Å²) in [5, 5.41) is 5.80. The molecule has 108 valence electrons. The number of aromatic amines is 1. The van der Waals surface area contributed by atoms with Crippen molar-refractivity contribution in [1.29, 1.82) is 0 Å². The summed E-state index contributed by atoms with van der Waals surface area (Å²) in [6.07, 6.45) is 9.74. The highest BCUT2D eigenvalue weighted by Crippen LogP contribution is 2.25. The zero-order chi connectivity index (χ0) is 14.1. The van der Waals surface area contributed by atoms with E-state index in [0.29, 0.717) is 6.04 Å². The Bertz CT molecular complexity index is 754. The number of fused-ring (bicyclic) bond motifs is 3. The third-order valence-corrected chi connectivity index (χ3v) is 4.45. The number of aromatic nitrogens is 3. The van der Waals surface area contributed by atoms with Crippen molar-refractivity contribution in [2.45, 2.75) is 44.6 Å². The number of hydrogen-bond donors (Lipinski definition) is 2. The van der Waals surface area contributed by atoms with E-state index in [1.54, 1.807) is 0 Å².